The summed E-state index contributed by atoms with van der Waals surface area (Å²) in [4.78, 5) is 23.2. The molecule has 0 heterocycles. The molecule has 2 atom stereocenters. The highest BCUT2D eigenvalue weighted by Crippen LogP contribution is 2.25. The van der Waals surface area contributed by atoms with Gasteiger partial charge in [-0.3, -0.25) is 10.1 Å². The van der Waals surface area contributed by atoms with Gasteiger partial charge in [0.1, 0.15) is 6.04 Å². The topological polar surface area (TPSA) is 72.0 Å². The van der Waals surface area contributed by atoms with E-state index >= 15 is 0 Å². The minimum atomic E-state index is -0.726. The van der Waals surface area contributed by atoms with Gasteiger partial charge in [0.05, 0.1) is 7.11 Å². The molecule has 0 aliphatic carbocycles. The Balaban J connectivity index is 2.87. The van der Waals surface area contributed by atoms with Gasteiger partial charge in [0, 0.05) is 11.5 Å². The molecular weight excluding hydrogens is 304 g/mol. The first-order valence-corrected chi connectivity index (χ1v) is 8.40. The van der Waals surface area contributed by atoms with Crippen LogP contribution in [0.15, 0.2) is 24.3 Å². The van der Waals surface area contributed by atoms with E-state index < -0.39 is 12.1 Å². The van der Waals surface area contributed by atoms with E-state index in [4.69, 9.17) is 0 Å². The van der Waals surface area contributed by atoms with Crippen molar-refractivity contribution in [3.05, 3.63) is 35.4 Å². The molecule has 0 saturated heterocycles. The van der Waals surface area contributed by atoms with E-state index in [9.17, 15) is 9.59 Å². The second-order valence-corrected chi connectivity index (χ2v) is 7.60. The number of methoxy groups -OCH3 is 1. The summed E-state index contributed by atoms with van der Waals surface area (Å²) in [5, 5.41) is 4.22. The lowest BCUT2D eigenvalue weighted by Crippen LogP contribution is -2.93. The fourth-order valence-electron chi connectivity index (χ4n) is 2.59. The van der Waals surface area contributed by atoms with Gasteiger partial charge in [-0.05, 0) is 17.9 Å². The summed E-state index contributed by atoms with van der Waals surface area (Å²) in [5.74, 6) is -0.00215. The fraction of sp³-hybridized carbons (Fsp3) is 0.579. The van der Waals surface area contributed by atoms with E-state index in [-0.39, 0.29) is 17.4 Å². The van der Waals surface area contributed by atoms with E-state index in [1.54, 1.807) is 6.92 Å². The molecule has 3 N–H and O–H groups in total. The van der Waals surface area contributed by atoms with Crippen LogP contribution in [0.1, 0.15) is 58.7 Å². The predicted molar refractivity (Wildman–Crippen MR) is 94.7 cm³/mol. The lowest BCUT2D eigenvalue weighted by atomic mass is 9.85. The minimum Gasteiger partial charge on any atom is -0.453 e. The number of carbonyl (C=O) groups excluding carboxylic acids is 2. The normalized spacial score (nSPS) is 14.2. The van der Waals surface area contributed by atoms with E-state index in [1.807, 2.05) is 5.32 Å². The third-order valence-electron chi connectivity index (χ3n) is 4.20. The van der Waals surface area contributed by atoms with Crippen LogP contribution in [0.4, 0.5) is 4.79 Å². The smallest absolute Gasteiger partial charge is 0.413 e. The quantitative estimate of drug-likeness (QED) is 0.868. The number of alkyl carbamates (subject to hydrolysis) is 1. The maximum Gasteiger partial charge on any atom is 0.413 e. The molecule has 0 radical (unpaired) electrons. The molecule has 134 valence electrons. The first kappa shape index (κ1) is 20.2. The molecule has 0 aliphatic heterocycles. The molecular formula is C19H31N2O3+. The van der Waals surface area contributed by atoms with Crippen molar-refractivity contribution in [1.29, 1.82) is 0 Å². The Bertz CT molecular complexity index is 559. The zero-order valence-electron chi connectivity index (χ0n) is 15.8. The number of imide groups is 1. The Morgan fingerprint density at radius 1 is 1.08 bits per heavy atom. The van der Waals surface area contributed by atoms with E-state index in [1.165, 1.54) is 18.2 Å². The minimum absolute atomic E-state index is 0.114. The lowest BCUT2D eigenvalue weighted by Gasteiger charge is -2.24. The second-order valence-electron chi connectivity index (χ2n) is 7.60. The van der Waals surface area contributed by atoms with Crippen molar-refractivity contribution in [2.24, 2.45) is 5.92 Å². The van der Waals surface area contributed by atoms with Gasteiger partial charge in [-0.2, -0.15) is 0 Å². The maximum absolute atomic E-state index is 12.0. The number of ether oxygens (including phenoxy) is 1. The van der Waals surface area contributed by atoms with Crippen molar-refractivity contribution in [2.75, 3.05) is 7.11 Å². The summed E-state index contributed by atoms with van der Waals surface area (Å²) < 4.78 is 4.47. The molecule has 1 aromatic carbocycles. The average Bonchev–Trinajstić information content (AvgIpc) is 2.51. The Labute approximate surface area is 145 Å². The molecule has 1 aromatic rings. The van der Waals surface area contributed by atoms with Crippen LogP contribution in [0.3, 0.4) is 0 Å². The molecule has 0 fully saturated rings. The Kier molecular flexibility index (Phi) is 6.96. The summed E-state index contributed by atoms with van der Waals surface area (Å²) in [7, 11) is 1.24. The number of hydrogen-bond acceptors (Lipinski definition) is 3. The van der Waals surface area contributed by atoms with Gasteiger partial charge in [0.15, 0.2) is 6.04 Å². The molecule has 24 heavy (non-hydrogen) atoms. The highest BCUT2D eigenvalue weighted by Gasteiger charge is 2.27. The third kappa shape index (κ3) is 5.64. The standard InChI is InChI=1S/C19H30N2O3/c1-12(2)16(20-13(3)17(22)21-18(23)24-7)14-8-10-15(11-9-14)19(4,5)6/h8-13,16,20H,1-7H3,(H,21,22,23)/p+1/t13-,16-/m0/s1. The van der Waals surface area contributed by atoms with Crippen LogP contribution in [-0.4, -0.2) is 25.2 Å². The number of amides is 2. The first-order chi connectivity index (χ1) is 11.1. The van der Waals surface area contributed by atoms with Crippen molar-refractivity contribution >= 4 is 12.0 Å². The molecule has 0 unspecified atom stereocenters. The van der Waals surface area contributed by atoms with Crippen molar-refractivity contribution in [1.82, 2.24) is 5.32 Å². The van der Waals surface area contributed by atoms with Gasteiger partial charge in [-0.15, -0.1) is 0 Å². The van der Waals surface area contributed by atoms with E-state index in [2.05, 4.69) is 68.9 Å². The van der Waals surface area contributed by atoms with Crippen LogP contribution in [0.2, 0.25) is 0 Å². The van der Waals surface area contributed by atoms with Gasteiger partial charge >= 0.3 is 6.09 Å². The van der Waals surface area contributed by atoms with Crippen LogP contribution in [-0.2, 0) is 14.9 Å². The summed E-state index contributed by atoms with van der Waals surface area (Å²) in [6.07, 6.45) is -0.726. The van der Waals surface area contributed by atoms with E-state index in [0.29, 0.717) is 5.92 Å². The summed E-state index contributed by atoms with van der Waals surface area (Å²) in [6.45, 7) is 12.6. The number of rotatable bonds is 5. The van der Waals surface area contributed by atoms with Crippen LogP contribution < -0.4 is 10.6 Å². The summed E-state index contributed by atoms with van der Waals surface area (Å²) in [6, 6.07) is 8.31. The lowest BCUT2D eigenvalue weighted by molar-refractivity contribution is -0.719. The molecule has 2 amide bonds. The van der Waals surface area contributed by atoms with Gasteiger partial charge < -0.3 is 10.1 Å². The highest BCUT2D eigenvalue weighted by molar-refractivity contribution is 5.93. The first-order valence-electron chi connectivity index (χ1n) is 8.40. The number of quaternary nitrogens is 1. The largest absolute Gasteiger partial charge is 0.453 e. The van der Waals surface area contributed by atoms with Gasteiger partial charge in [-0.25, -0.2) is 4.79 Å². The molecule has 0 aromatic heterocycles. The van der Waals surface area contributed by atoms with Gasteiger partial charge in [-0.1, -0.05) is 58.9 Å². The van der Waals surface area contributed by atoms with Crippen LogP contribution >= 0.6 is 0 Å². The Hall–Kier alpha value is -1.88. The Morgan fingerprint density at radius 3 is 2.04 bits per heavy atom. The number of hydrogen-bond donors (Lipinski definition) is 2. The fourth-order valence-corrected chi connectivity index (χ4v) is 2.59. The maximum atomic E-state index is 12.0. The highest BCUT2D eigenvalue weighted by atomic mass is 16.5. The molecule has 1 rings (SSSR count). The number of benzene rings is 1. The molecule has 0 aliphatic rings. The summed E-state index contributed by atoms with van der Waals surface area (Å²) >= 11 is 0. The van der Waals surface area contributed by atoms with Gasteiger partial charge in [0.2, 0.25) is 0 Å². The van der Waals surface area contributed by atoms with E-state index in [0.717, 1.165) is 0 Å². The van der Waals surface area contributed by atoms with Crippen molar-refractivity contribution in [3.63, 3.8) is 0 Å². The molecule has 0 saturated carbocycles. The average molecular weight is 335 g/mol. The monoisotopic (exact) mass is 335 g/mol. The second kappa shape index (κ2) is 8.29. The number of nitrogens with two attached hydrogens (primary N) is 1. The van der Waals surface area contributed by atoms with Crippen molar-refractivity contribution in [3.8, 4) is 0 Å². The van der Waals surface area contributed by atoms with Crippen LogP contribution in [0.25, 0.3) is 0 Å². The SMILES string of the molecule is COC(=O)NC(=O)[C@H](C)[NH2+][C@H](c1ccc(C(C)(C)C)cc1)C(C)C. The zero-order valence-corrected chi connectivity index (χ0v) is 15.8. The molecule has 0 bridgehead atoms. The summed E-state index contributed by atoms with van der Waals surface area (Å²) in [5.41, 5.74) is 2.57. The molecule has 0 spiro atoms. The molecule has 5 nitrogen and oxygen atoms in total. The Morgan fingerprint density at radius 2 is 1.62 bits per heavy atom. The van der Waals surface area contributed by atoms with Crippen LogP contribution in [0, 0.1) is 5.92 Å². The van der Waals surface area contributed by atoms with Crippen LogP contribution in [0.5, 0.6) is 0 Å². The van der Waals surface area contributed by atoms with Gasteiger partial charge in [0.25, 0.3) is 5.91 Å². The van der Waals surface area contributed by atoms with Crippen molar-refractivity contribution < 1.29 is 19.6 Å². The van der Waals surface area contributed by atoms with Crippen molar-refractivity contribution in [2.45, 2.75) is 59.0 Å². The number of nitrogens with one attached hydrogen (secondary N) is 1. The predicted octanol–water partition coefficient (Wildman–Crippen LogP) is 2.52. The zero-order chi connectivity index (χ0) is 18.5. The number of carbonyl (C=O) groups is 2. The molecule has 5 heteroatoms. The third-order valence-corrected chi connectivity index (χ3v) is 4.20.